The van der Waals surface area contributed by atoms with Gasteiger partial charge in [-0.1, -0.05) is 13.8 Å². The van der Waals surface area contributed by atoms with E-state index < -0.39 is 15.9 Å². The first kappa shape index (κ1) is 20.2. The van der Waals surface area contributed by atoms with Crippen molar-refractivity contribution in [2.75, 3.05) is 30.0 Å². The highest BCUT2D eigenvalue weighted by Crippen LogP contribution is 2.34. The third-order valence-corrected chi connectivity index (χ3v) is 6.17. The van der Waals surface area contributed by atoms with E-state index in [2.05, 4.69) is 9.71 Å². The van der Waals surface area contributed by atoms with Gasteiger partial charge in [-0.15, -0.1) is 4.40 Å². The van der Waals surface area contributed by atoms with Crippen LogP contribution in [-0.4, -0.2) is 39.9 Å². The quantitative estimate of drug-likeness (QED) is 0.801. The van der Waals surface area contributed by atoms with Gasteiger partial charge in [0.15, 0.2) is 11.5 Å². The third-order valence-electron chi connectivity index (χ3n) is 4.78. The zero-order valence-electron chi connectivity index (χ0n) is 17.0. The molecule has 8 nitrogen and oxygen atoms in total. The molecule has 9 heteroatoms. The molecule has 0 bridgehead atoms. The van der Waals surface area contributed by atoms with Crippen molar-refractivity contribution in [3.63, 3.8) is 0 Å². The van der Waals surface area contributed by atoms with Crippen LogP contribution in [0.3, 0.4) is 0 Å². The number of benzene rings is 2. The number of carbonyl (C=O) groups excluding carboxylic acids is 1. The van der Waals surface area contributed by atoms with E-state index in [0.717, 1.165) is 0 Å². The normalized spacial score (nSPS) is 16.7. The summed E-state index contributed by atoms with van der Waals surface area (Å²) < 4.78 is 40.1. The van der Waals surface area contributed by atoms with E-state index >= 15 is 0 Å². The molecule has 2 aliphatic rings. The van der Waals surface area contributed by atoms with E-state index in [1.165, 1.54) is 6.07 Å². The number of fused-ring (bicyclic) bond motifs is 2. The molecule has 158 valence electrons. The number of hydrogen-bond donors (Lipinski definition) is 1. The molecule has 2 aliphatic heterocycles. The maximum Gasteiger partial charge on any atom is 0.286 e. The Bertz CT molecular complexity index is 1140. The van der Waals surface area contributed by atoms with Gasteiger partial charge in [0.1, 0.15) is 23.9 Å². The molecule has 0 aromatic heterocycles. The number of nitrogens with one attached hydrogen (secondary N) is 1. The lowest BCUT2D eigenvalue weighted by molar-refractivity contribution is 0.102. The average Bonchev–Trinajstić information content (AvgIpc) is 2.70. The molecule has 2 aromatic rings. The van der Waals surface area contributed by atoms with Crippen LogP contribution in [0.5, 0.6) is 11.5 Å². The maximum absolute atomic E-state index is 12.8. The van der Waals surface area contributed by atoms with Crippen molar-refractivity contribution >= 4 is 33.1 Å². The Balaban J connectivity index is 1.63. The summed E-state index contributed by atoms with van der Waals surface area (Å²) in [6.07, 6.45) is 0. The molecule has 30 heavy (non-hydrogen) atoms. The molecule has 0 unspecified atom stereocenters. The molecule has 2 aromatic carbocycles. The van der Waals surface area contributed by atoms with Crippen molar-refractivity contribution in [3.05, 3.63) is 42.0 Å². The average molecular weight is 429 g/mol. The van der Waals surface area contributed by atoms with Gasteiger partial charge in [0.25, 0.3) is 15.9 Å². The van der Waals surface area contributed by atoms with Crippen molar-refractivity contribution in [1.29, 1.82) is 0 Å². The largest absolute Gasteiger partial charge is 0.486 e. The van der Waals surface area contributed by atoms with Crippen LogP contribution >= 0.6 is 0 Å². The van der Waals surface area contributed by atoms with E-state index in [4.69, 9.17) is 9.47 Å². The summed E-state index contributed by atoms with van der Waals surface area (Å²) in [6.45, 7) is 7.32. The zero-order valence-corrected chi connectivity index (χ0v) is 17.8. The summed E-state index contributed by atoms with van der Waals surface area (Å²) in [5.74, 6) is 1.48. The first-order valence-electron chi connectivity index (χ1n) is 9.69. The van der Waals surface area contributed by atoms with Crippen molar-refractivity contribution in [1.82, 2.24) is 0 Å². The Morgan fingerprint density at radius 3 is 2.60 bits per heavy atom. The Morgan fingerprint density at radius 2 is 1.87 bits per heavy atom. The van der Waals surface area contributed by atoms with Crippen LogP contribution in [0.2, 0.25) is 0 Å². The van der Waals surface area contributed by atoms with Gasteiger partial charge < -0.3 is 19.7 Å². The number of ether oxygens (including phenoxy) is 2. The smallest absolute Gasteiger partial charge is 0.286 e. The Kier molecular flexibility index (Phi) is 5.15. The fourth-order valence-electron chi connectivity index (χ4n) is 3.45. The topological polar surface area (TPSA) is 97.3 Å². The van der Waals surface area contributed by atoms with Gasteiger partial charge in [-0.05, 0) is 43.2 Å². The lowest BCUT2D eigenvalue weighted by atomic mass is 10.1. The molecule has 0 atom stereocenters. The van der Waals surface area contributed by atoms with Crippen LogP contribution in [-0.2, 0) is 10.0 Å². The first-order valence-corrected chi connectivity index (χ1v) is 11.1. The van der Waals surface area contributed by atoms with E-state index in [0.29, 0.717) is 54.4 Å². The van der Waals surface area contributed by atoms with Gasteiger partial charge in [0.05, 0.1) is 5.69 Å². The lowest BCUT2D eigenvalue weighted by Gasteiger charge is -2.30. The molecule has 0 saturated carbocycles. The minimum absolute atomic E-state index is 0.0311. The highest BCUT2D eigenvalue weighted by Gasteiger charge is 2.30. The van der Waals surface area contributed by atoms with Gasteiger partial charge in [0, 0.05) is 23.9 Å². The molecule has 0 fully saturated rings. The van der Waals surface area contributed by atoms with E-state index in [-0.39, 0.29) is 10.5 Å². The monoisotopic (exact) mass is 429 g/mol. The Labute approximate surface area is 175 Å². The summed E-state index contributed by atoms with van der Waals surface area (Å²) in [4.78, 5) is 14.7. The molecule has 0 radical (unpaired) electrons. The summed E-state index contributed by atoms with van der Waals surface area (Å²) in [7, 11) is -3.87. The predicted molar refractivity (Wildman–Crippen MR) is 114 cm³/mol. The van der Waals surface area contributed by atoms with Crippen molar-refractivity contribution in [2.24, 2.45) is 10.3 Å². The van der Waals surface area contributed by atoms with Gasteiger partial charge in [-0.25, -0.2) is 0 Å². The first-order chi connectivity index (χ1) is 14.2. The lowest BCUT2D eigenvalue weighted by Crippen LogP contribution is -2.36. The van der Waals surface area contributed by atoms with Gasteiger partial charge in [-0.2, -0.15) is 8.42 Å². The van der Waals surface area contributed by atoms with Crippen molar-refractivity contribution < 1.29 is 22.7 Å². The number of amidine groups is 1. The second kappa shape index (κ2) is 7.64. The molecular formula is C21H23N3O5S. The van der Waals surface area contributed by atoms with Crippen molar-refractivity contribution in [3.8, 4) is 11.5 Å². The summed E-state index contributed by atoms with van der Waals surface area (Å²) in [5, 5.41) is 2.78. The van der Waals surface area contributed by atoms with Crippen LogP contribution in [0.1, 0.15) is 31.1 Å². The summed E-state index contributed by atoms with van der Waals surface area (Å²) in [6, 6.07) is 9.77. The second-order valence-corrected chi connectivity index (χ2v) is 9.19. The standard InChI is InChI=1S/C21H23N3O5S/c1-13(2)12-24-14(3)23-30(26,27)20-10-15(4-6-17(20)24)21(25)22-16-5-7-18-19(11-16)29-9-8-28-18/h4-7,10-11,13H,8-9,12H2,1-3H3,(H,22,25). The molecule has 0 saturated heterocycles. The fourth-order valence-corrected chi connectivity index (χ4v) is 4.71. The summed E-state index contributed by atoms with van der Waals surface area (Å²) in [5.41, 5.74) is 1.29. The molecule has 2 heterocycles. The minimum Gasteiger partial charge on any atom is -0.486 e. The van der Waals surface area contributed by atoms with Gasteiger partial charge in [0.2, 0.25) is 0 Å². The number of sulfonamides is 1. The number of anilines is 2. The molecule has 0 spiro atoms. The second-order valence-electron chi connectivity index (χ2n) is 7.61. The number of carbonyl (C=O) groups is 1. The molecule has 4 rings (SSSR count). The maximum atomic E-state index is 12.8. The van der Waals surface area contributed by atoms with E-state index in [9.17, 15) is 13.2 Å². The highest BCUT2D eigenvalue weighted by molar-refractivity contribution is 7.90. The highest BCUT2D eigenvalue weighted by atomic mass is 32.2. The van der Waals surface area contributed by atoms with Gasteiger partial charge >= 0.3 is 0 Å². The molecule has 0 aliphatic carbocycles. The van der Waals surface area contributed by atoms with Crippen LogP contribution in [0.25, 0.3) is 0 Å². The van der Waals surface area contributed by atoms with E-state index in [1.54, 1.807) is 37.3 Å². The van der Waals surface area contributed by atoms with Crippen LogP contribution in [0.15, 0.2) is 45.7 Å². The zero-order chi connectivity index (χ0) is 21.5. The molecule has 1 N–H and O–H groups in total. The number of amides is 1. The third kappa shape index (κ3) is 3.85. The van der Waals surface area contributed by atoms with Crippen molar-refractivity contribution in [2.45, 2.75) is 25.7 Å². The molecule has 1 amide bonds. The Morgan fingerprint density at radius 1 is 1.13 bits per heavy atom. The van der Waals surface area contributed by atoms with Crippen LogP contribution in [0.4, 0.5) is 11.4 Å². The van der Waals surface area contributed by atoms with Crippen LogP contribution < -0.4 is 19.7 Å². The fraction of sp³-hybridized carbons (Fsp3) is 0.333. The van der Waals surface area contributed by atoms with E-state index in [1.807, 2.05) is 18.7 Å². The number of hydrogen-bond acceptors (Lipinski definition) is 6. The minimum atomic E-state index is -3.87. The SMILES string of the molecule is CC1=NS(=O)(=O)c2cc(C(=O)Nc3ccc4c(c3)OCCO4)ccc2N1CC(C)C. The summed E-state index contributed by atoms with van der Waals surface area (Å²) >= 11 is 0. The van der Waals surface area contributed by atoms with Gasteiger partial charge in [-0.3, -0.25) is 4.79 Å². The number of nitrogens with zero attached hydrogens (tertiary/aromatic N) is 2. The number of rotatable bonds is 4. The molecular weight excluding hydrogens is 406 g/mol. The predicted octanol–water partition coefficient (Wildman–Crippen LogP) is 3.29. The van der Waals surface area contributed by atoms with Crippen LogP contribution in [0, 0.1) is 5.92 Å². The Hall–Kier alpha value is -3.07.